The SMILES string of the molecule is COCc1cccc(CNC(=O)CC2Sc3ccccc3NC2=O)c1. The van der Waals surface area contributed by atoms with Crippen LogP contribution in [0.15, 0.2) is 53.4 Å². The van der Waals surface area contributed by atoms with Crippen molar-refractivity contribution < 1.29 is 14.3 Å². The van der Waals surface area contributed by atoms with Gasteiger partial charge in [0.1, 0.15) is 0 Å². The smallest absolute Gasteiger partial charge is 0.238 e. The van der Waals surface area contributed by atoms with Crippen LogP contribution in [0.2, 0.25) is 0 Å². The van der Waals surface area contributed by atoms with Crippen molar-refractivity contribution in [1.29, 1.82) is 0 Å². The van der Waals surface area contributed by atoms with Gasteiger partial charge in [-0.2, -0.15) is 0 Å². The summed E-state index contributed by atoms with van der Waals surface area (Å²) < 4.78 is 5.11. The van der Waals surface area contributed by atoms with Crippen molar-refractivity contribution in [3.8, 4) is 0 Å². The average Bonchev–Trinajstić information content (AvgIpc) is 2.61. The first-order valence-electron chi connectivity index (χ1n) is 8.05. The number of para-hydroxylation sites is 1. The van der Waals surface area contributed by atoms with Crippen LogP contribution in [-0.2, 0) is 27.5 Å². The van der Waals surface area contributed by atoms with Crippen LogP contribution in [0.25, 0.3) is 0 Å². The fraction of sp³-hybridized carbons (Fsp3) is 0.263. The van der Waals surface area contributed by atoms with E-state index in [0.717, 1.165) is 21.7 Å². The van der Waals surface area contributed by atoms with Crippen molar-refractivity contribution in [2.45, 2.75) is 29.7 Å². The van der Waals surface area contributed by atoms with E-state index in [4.69, 9.17) is 4.74 Å². The van der Waals surface area contributed by atoms with E-state index in [-0.39, 0.29) is 18.2 Å². The molecular weight excluding hydrogens is 336 g/mol. The monoisotopic (exact) mass is 356 g/mol. The van der Waals surface area contributed by atoms with E-state index in [0.29, 0.717) is 13.2 Å². The topological polar surface area (TPSA) is 67.4 Å². The van der Waals surface area contributed by atoms with Crippen LogP contribution in [0.4, 0.5) is 5.69 Å². The fourth-order valence-corrected chi connectivity index (χ4v) is 3.77. The minimum atomic E-state index is -0.408. The van der Waals surface area contributed by atoms with E-state index in [9.17, 15) is 9.59 Å². The molecule has 0 spiro atoms. The van der Waals surface area contributed by atoms with Gasteiger partial charge in [0.2, 0.25) is 11.8 Å². The molecule has 1 atom stereocenters. The van der Waals surface area contributed by atoms with Gasteiger partial charge in [0.25, 0.3) is 0 Å². The maximum atomic E-state index is 12.2. The van der Waals surface area contributed by atoms with Crippen molar-refractivity contribution in [3.63, 3.8) is 0 Å². The van der Waals surface area contributed by atoms with Crippen LogP contribution in [-0.4, -0.2) is 24.2 Å². The molecule has 2 aromatic rings. The van der Waals surface area contributed by atoms with Gasteiger partial charge in [0.05, 0.1) is 17.5 Å². The maximum Gasteiger partial charge on any atom is 0.238 e. The quantitative estimate of drug-likeness (QED) is 0.835. The summed E-state index contributed by atoms with van der Waals surface area (Å²) in [6, 6.07) is 15.5. The van der Waals surface area contributed by atoms with Gasteiger partial charge in [-0.3, -0.25) is 9.59 Å². The molecule has 0 aromatic heterocycles. The Labute approximate surface area is 151 Å². The van der Waals surface area contributed by atoms with E-state index in [1.54, 1.807) is 7.11 Å². The molecule has 3 rings (SSSR count). The molecule has 2 N–H and O–H groups in total. The number of benzene rings is 2. The lowest BCUT2D eigenvalue weighted by Crippen LogP contribution is -2.34. The lowest BCUT2D eigenvalue weighted by molar-refractivity contribution is -0.124. The molecule has 1 aliphatic heterocycles. The highest BCUT2D eigenvalue weighted by Gasteiger charge is 2.28. The molecule has 2 aromatic carbocycles. The third-order valence-electron chi connectivity index (χ3n) is 3.87. The lowest BCUT2D eigenvalue weighted by atomic mass is 10.1. The van der Waals surface area contributed by atoms with Crippen LogP contribution >= 0.6 is 11.8 Å². The molecule has 0 bridgehead atoms. The zero-order chi connectivity index (χ0) is 17.6. The normalized spacial score (nSPS) is 16.0. The van der Waals surface area contributed by atoms with Gasteiger partial charge in [-0.05, 0) is 23.3 Å². The molecule has 0 saturated heterocycles. The number of hydrogen-bond acceptors (Lipinski definition) is 4. The summed E-state index contributed by atoms with van der Waals surface area (Å²) in [5.74, 6) is -0.259. The minimum Gasteiger partial charge on any atom is -0.380 e. The van der Waals surface area contributed by atoms with Crippen molar-refractivity contribution in [1.82, 2.24) is 5.32 Å². The number of ether oxygens (including phenoxy) is 1. The largest absolute Gasteiger partial charge is 0.380 e. The van der Waals surface area contributed by atoms with Gasteiger partial charge in [0.15, 0.2) is 0 Å². The average molecular weight is 356 g/mol. The highest BCUT2D eigenvalue weighted by atomic mass is 32.2. The molecular formula is C19H20N2O3S. The standard InChI is InChI=1S/C19H20N2O3S/c1-24-12-14-6-4-5-13(9-14)11-20-18(22)10-17-19(23)21-15-7-2-3-8-16(15)25-17/h2-9,17H,10-12H2,1H3,(H,20,22)(H,21,23). The molecule has 1 aliphatic rings. The van der Waals surface area contributed by atoms with E-state index < -0.39 is 5.25 Å². The second-order valence-electron chi connectivity index (χ2n) is 5.83. The van der Waals surface area contributed by atoms with Gasteiger partial charge in [-0.15, -0.1) is 11.8 Å². The molecule has 0 saturated carbocycles. The Bertz CT molecular complexity index is 779. The molecule has 5 nitrogen and oxygen atoms in total. The van der Waals surface area contributed by atoms with Crippen LogP contribution in [0.3, 0.4) is 0 Å². The number of carbonyl (C=O) groups is 2. The number of hydrogen-bond donors (Lipinski definition) is 2. The summed E-state index contributed by atoms with van der Waals surface area (Å²) in [6.07, 6.45) is 0.155. The second kappa shape index (κ2) is 8.18. The number of amides is 2. The fourth-order valence-electron chi connectivity index (χ4n) is 2.66. The Balaban J connectivity index is 1.54. The summed E-state index contributed by atoms with van der Waals surface area (Å²) in [7, 11) is 1.65. The molecule has 1 unspecified atom stereocenters. The zero-order valence-corrected chi connectivity index (χ0v) is 14.8. The first-order chi connectivity index (χ1) is 12.2. The third-order valence-corrected chi connectivity index (χ3v) is 5.14. The van der Waals surface area contributed by atoms with Gasteiger partial charge < -0.3 is 15.4 Å². The summed E-state index contributed by atoms with van der Waals surface area (Å²) >= 11 is 1.43. The maximum absolute atomic E-state index is 12.2. The molecule has 0 fully saturated rings. The highest BCUT2D eigenvalue weighted by Crippen LogP contribution is 2.36. The van der Waals surface area contributed by atoms with Gasteiger partial charge in [0, 0.05) is 25.0 Å². The number of rotatable bonds is 6. The van der Waals surface area contributed by atoms with Crippen molar-refractivity contribution in [3.05, 3.63) is 59.7 Å². The highest BCUT2D eigenvalue weighted by molar-refractivity contribution is 8.01. The Morgan fingerprint density at radius 3 is 2.84 bits per heavy atom. The van der Waals surface area contributed by atoms with Crippen molar-refractivity contribution in [2.24, 2.45) is 0 Å². The Hall–Kier alpha value is -2.31. The number of anilines is 1. The first-order valence-corrected chi connectivity index (χ1v) is 8.93. The summed E-state index contributed by atoms with van der Waals surface area (Å²) in [4.78, 5) is 25.4. The van der Waals surface area contributed by atoms with Gasteiger partial charge in [-0.25, -0.2) is 0 Å². The van der Waals surface area contributed by atoms with Crippen LogP contribution in [0, 0.1) is 0 Å². The van der Waals surface area contributed by atoms with Crippen LogP contribution in [0.1, 0.15) is 17.5 Å². The van der Waals surface area contributed by atoms with Crippen molar-refractivity contribution in [2.75, 3.05) is 12.4 Å². The van der Waals surface area contributed by atoms with Crippen LogP contribution < -0.4 is 10.6 Å². The molecule has 130 valence electrons. The van der Waals surface area contributed by atoms with Gasteiger partial charge in [-0.1, -0.05) is 36.4 Å². The molecule has 6 heteroatoms. The van der Waals surface area contributed by atoms with E-state index in [1.807, 2.05) is 48.5 Å². The Morgan fingerprint density at radius 2 is 2.00 bits per heavy atom. The minimum absolute atomic E-state index is 0.124. The van der Waals surface area contributed by atoms with Gasteiger partial charge >= 0.3 is 0 Å². The van der Waals surface area contributed by atoms with E-state index >= 15 is 0 Å². The molecule has 0 radical (unpaired) electrons. The van der Waals surface area contributed by atoms with Crippen LogP contribution in [0.5, 0.6) is 0 Å². The number of thioether (sulfide) groups is 1. The predicted octanol–water partition coefficient (Wildman–Crippen LogP) is 2.95. The number of nitrogens with one attached hydrogen (secondary N) is 2. The molecule has 0 aliphatic carbocycles. The van der Waals surface area contributed by atoms with E-state index in [2.05, 4.69) is 10.6 Å². The number of fused-ring (bicyclic) bond motifs is 1. The van der Waals surface area contributed by atoms with E-state index in [1.165, 1.54) is 11.8 Å². The lowest BCUT2D eigenvalue weighted by Gasteiger charge is -2.23. The summed E-state index contributed by atoms with van der Waals surface area (Å²) in [6.45, 7) is 0.978. The summed E-state index contributed by atoms with van der Waals surface area (Å²) in [5, 5.41) is 5.34. The first kappa shape index (κ1) is 17.5. The molecule has 2 amide bonds. The Kier molecular flexibility index (Phi) is 5.73. The molecule has 1 heterocycles. The Morgan fingerprint density at radius 1 is 1.20 bits per heavy atom. The summed E-state index contributed by atoms with van der Waals surface area (Å²) in [5.41, 5.74) is 2.88. The predicted molar refractivity (Wildman–Crippen MR) is 98.3 cm³/mol. The number of carbonyl (C=O) groups excluding carboxylic acids is 2. The zero-order valence-electron chi connectivity index (χ0n) is 14.0. The number of methoxy groups -OCH3 is 1. The second-order valence-corrected chi connectivity index (χ2v) is 7.07. The third kappa shape index (κ3) is 4.61. The van der Waals surface area contributed by atoms with Crippen molar-refractivity contribution >= 4 is 29.3 Å². The molecule has 25 heavy (non-hydrogen) atoms.